The van der Waals surface area contributed by atoms with Gasteiger partial charge in [-0.1, -0.05) is 30.3 Å². The van der Waals surface area contributed by atoms with Crippen LogP contribution in [0.25, 0.3) is 0 Å². The van der Waals surface area contributed by atoms with E-state index in [-0.39, 0.29) is 18.4 Å². The van der Waals surface area contributed by atoms with E-state index in [0.29, 0.717) is 18.8 Å². The van der Waals surface area contributed by atoms with Gasteiger partial charge in [-0.3, -0.25) is 19.2 Å². The number of fused-ring (bicyclic) bond motifs is 1. The van der Waals surface area contributed by atoms with Gasteiger partial charge in [-0.15, -0.1) is 0 Å². The van der Waals surface area contributed by atoms with E-state index in [0.717, 1.165) is 56.9 Å². The topological polar surface area (TPSA) is 70.5 Å². The lowest BCUT2D eigenvalue weighted by molar-refractivity contribution is -0.123. The summed E-state index contributed by atoms with van der Waals surface area (Å²) >= 11 is 0. The molecule has 1 aromatic heterocycles. The average Bonchev–Trinajstić information content (AvgIpc) is 3.53. The Morgan fingerprint density at radius 2 is 1.97 bits per heavy atom. The van der Waals surface area contributed by atoms with Crippen molar-refractivity contribution < 1.29 is 9.59 Å². The van der Waals surface area contributed by atoms with Crippen molar-refractivity contribution in [2.24, 2.45) is 5.92 Å². The number of hydrogen-bond donors (Lipinski definition) is 1. The van der Waals surface area contributed by atoms with Gasteiger partial charge in [-0.2, -0.15) is 5.10 Å². The minimum atomic E-state index is -0.0961. The molecule has 31 heavy (non-hydrogen) atoms. The van der Waals surface area contributed by atoms with E-state index in [2.05, 4.69) is 39.2 Å². The summed E-state index contributed by atoms with van der Waals surface area (Å²) in [6.45, 7) is 4.95. The summed E-state index contributed by atoms with van der Waals surface area (Å²) in [6.07, 6.45) is 5.59. The van der Waals surface area contributed by atoms with Gasteiger partial charge < -0.3 is 10.2 Å². The van der Waals surface area contributed by atoms with Crippen LogP contribution in [0.15, 0.2) is 30.3 Å². The molecule has 7 nitrogen and oxygen atoms in total. The van der Waals surface area contributed by atoms with Crippen LogP contribution in [0.5, 0.6) is 0 Å². The molecule has 2 aliphatic heterocycles. The van der Waals surface area contributed by atoms with E-state index in [1.54, 1.807) is 4.90 Å². The summed E-state index contributed by atoms with van der Waals surface area (Å²) in [7, 11) is 0. The monoisotopic (exact) mass is 421 g/mol. The highest BCUT2D eigenvalue weighted by Gasteiger charge is 2.33. The van der Waals surface area contributed by atoms with Crippen molar-refractivity contribution in [2.45, 2.75) is 45.2 Å². The van der Waals surface area contributed by atoms with Crippen LogP contribution in [-0.4, -0.2) is 64.1 Å². The van der Waals surface area contributed by atoms with Gasteiger partial charge in [0.05, 0.1) is 6.54 Å². The highest BCUT2D eigenvalue weighted by Crippen LogP contribution is 2.32. The molecular formula is C24H31N5O2. The number of nitrogens with one attached hydrogen (secondary N) is 1. The Balaban J connectivity index is 1.35. The fraction of sp³-hybridized carbons (Fsp3) is 0.542. The molecule has 2 fully saturated rings. The molecule has 1 aliphatic carbocycles. The largest absolute Gasteiger partial charge is 0.353 e. The third kappa shape index (κ3) is 4.66. The molecule has 1 aromatic carbocycles. The van der Waals surface area contributed by atoms with Crippen molar-refractivity contribution in [3.63, 3.8) is 0 Å². The maximum Gasteiger partial charge on any atom is 0.275 e. The molecule has 0 atom stereocenters. The molecule has 5 rings (SSSR count). The molecule has 0 spiro atoms. The Hall–Kier alpha value is -2.67. The second-order valence-electron chi connectivity index (χ2n) is 9.09. The minimum absolute atomic E-state index is 0.0916. The second kappa shape index (κ2) is 8.83. The molecule has 3 heterocycles. The zero-order valence-electron chi connectivity index (χ0n) is 18.1. The normalized spacial score (nSPS) is 19.2. The third-order valence-corrected chi connectivity index (χ3v) is 6.63. The van der Waals surface area contributed by atoms with Crippen molar-refractivity contribution in [1.82, 2.24) is 24.9 Å². The predicted octanol–water partition coefficient (Wildman–Crippen LogP) is 1.86. The van der Waals surface area contributed by atoms with E-state index in [1.807, 2.05) is 6.07 Å². The van der Waals surface area contributed by atoms with Crippen molar-refractivity contribution in [3.8, 4) is 0 Å². The zero-order valence-corrected chi connectivity index (χ0v) is 18.1. The maximum atomic E-state index is 13.3. The molecule has 164 valence electrons. The standard InChI is InChI=1S/C24H31N5O2/c30-22-17-28(14-11-25-22)24(31)23-20-16-27(15-19-8-9-19)13-10-21(20)29(26-23)12-4-7-18-5-2-1-3-6-18/h1-3,5-6,19H,4,7-17H2,(H,25,30). The smallest absolute Gasteiger partial charge is 0.275 e. The Bertz CT molecular complexity index is 950. The van der Waals surface area contributed by atoms with Gasteiger partial charge in [-0.05, 0) is 37.2 Å². The van der Waals surface area contributed by atoms with E-state index in [1.165, 1.54) is 24.1 Å². The SMILES string of the molecule is O=C1CN(C(=O)c2nn(CCCc3ccccc3)c3c2CN(CC2CC2)CC3)CCN1. The molecule has 0 radical (unpaired) electrons. The maximum absolute atomic E-state index is 13.3. The van der Waals surface area contributed by atoms with E-state index >= 15 is 0 Å². The quantitative estimate of drug-likeness (QED) is 0.741. The van der Waals surface area contributed by atoms with Gasteiger partial charge in [0.2, 0.25) is 5.91 Å². The molecule has 7 heteroatoms. The molecular weight excluding hydrogens is 390 g/mol. The molecule has 1 N–H and O–H groups in total. The number of aryl methyl sites for hydroxylation is 2. The fourth-order valence-electron chi connectivity index (χ4n) is 4.76. The van der Waals surface area contributed by atoms with Crippen LogP contribution in [0.3, 0.4) is 0 Å². The van der Waals surface area contributed by atoms with E-state index in [9.17, 15) is 9.59 Å². The molecule has 1 saturated carbocycles. The van der Waals surface area contributed by atoms with Gasteiger partial charge in [0.1, 0.15) is 0 Å². The van der Waals surface area contributed by atoms with Crippen molar-refractivity contribution in [2.75, 3.05) is 32.7 Å². The average molecular weight is 422 g/mol. The molecule has 2 amide bonds. The van der Waals surface area contributed by atoms with Gasteiger partial charge in [0.25, 0.3) is 5.91 Å². The Morgan fingerprint density at radius 1 is 1.13 bits per heavy atom. The summed E-state index contributed by atoms with van der Waals surface area (Å²) in [5, 5.41) is 7.62. The van der Waals surface area contributed by atoms with Gasteiger partial charge in [0, 0.05) is 56.9 Å². The summed E-state index contributed by atoms with van der Waals surface area (Å²) < 4.78 is 2.07. The minimum Gasteiger partial charge on any atom is -0.353 e. The zero-order chi connectivity index (χ0) is 21.2. The van der Waals surface area contributed by atoms with Crippen LogP contribution < -0.4 is 5.32 Å². The lowest BCUT2D eigenvalue weighted by Gasteiger charge is -2.29. The van der Waals surface area contributed by atoms with Gasteiger partial charge >= 0.3 is 0 Å². The summed E-state index contributed by atoms with van der Waals surface area (Å²) in [5.41, 5.74) is 4.19. The highest BCUT2D eigenvalue weighted by molar-refractivity contribution is 5.97. The molecule has 2 aromatic rings. The van der Waals surface area contributed by atoms with Crippen molar-refractivity contribution >= 4 is 11.8 Å². The number of piperazine rings is 1. The Labute approximate surface area is 183 Å². The first-order valence-electron chi connectivity index (χ1n) is 11.6. The Kier molecular flexibility index (Phi) is 5.76. The van der Waals surface area contributed by atoms with Gasteiger partial charge in [0.15, 0.2) is 5.69 Å². The van der Waals surface area contributed by atoms with Crippen LogP contribution in [0.4, 0.5) is 0 Å². The molecule has 3 aliphatic rings. The number of hydrogen-bond acceptors (Lipinski definition) is 4. The number of rotatable bonds is 7. The Morgan fingerprint density at radius 3 is 2.74 bits per heavy atom. The summed E-state index contributed by atoms with van der Waals surface area (Å²) in [6, 6.07) is 10.5. The van der Waals surface area contributed by atoms with Crippen molar-refractivity contribution in [1.29, 1.82) is 0 Å². The highest BCUT2D eigenvalue weighted by atomic mass is 16.2. The third-order valence-electron chi connectivity index (χ3n) is 6.63. The number of aromatic nitrogens is 2. The van der Waals surface area contributed by atoms with Crippen LogP contribution >= 0.6 is 0 Å². The fourth-order valence-corrected chi connectivity index (χ4v) is 4.76. The van der Waals surface area contributed by atoms with Crippen LogP contribution in [-0.2, 0) is 30.7 Å². The predicted molar refractivity (Wildman–Crippen MR) is 118 cm³/mol. The number of benzene rings is 1. The lowest BCUT2D eigenvalue weighted by atomic mass is 10.0. The first-order valence-corrected chi connectivity index (χ1v) is 11.6. The second-order valence-corrected chi connectivity index (χ2v) is 9.09. The number of carbonyl (C=O) groups is 2. The molecule has 1 saturated heterocycles. The van der Waals surface area contributed by atoms with E-state index in [4.69, 9.17) is 5.10 Å². The summed E-state index contributed by atoms with van der Waals surface area (Å²) in [5.74, 6) is 0.639. The van der Waals surface area contributed by atoms with Crippen LogP contribution in [0.1, 0.15) is 46.6 Å². The van der Waals surface area contributed by atoms with Crippen molar-refractivity contribution in [3.05, 3.63) is 52.8 Å². The van der Waals surface area contributed by atoms with E-state index < -0.39 is 0 Å². The summed E-state index contributed by atoms with van der Waals surface area (Å²) in [4.78, 5) is 29.3. The number of carbonyl (C=O) groups excluding carboxylic acids is 2. The van der Waals surface area contributed by atoms with Crippen LogP contribution in [0, 0.1) is 5.92 Å². The first-order chi connectivity index (χ1) is 15.2. The molecule has 0 unspecified atom stereocenters. The number of nitrogens with zero attached hydrogens (tertiary/aromatic N) is 4. The lowest BCUT2D eigenvalue weighted by Crippen LogP contribution is -2.50. The first kappa shape index (κ1) is 20.2. The van der Waals surface area contributed by atoms with Gasteiger partial charge in [-0.25, -0.2) is 0 Å². The molecule has 0 bridgehead atoms. The van der Waals surface area contributed by atoms with Crippen LogP contribution in [0.2, 0.25) is 0 Å². The number of amides is 2.